The molecule has 1 saturated heterocycles. The van der Waals surface area contributed by atoms with Crippen LogP contribution in [-0.4, -0.2) is 23.1 Å². The van der Waals surface area contributed by atoms with Crippen LogP contribution in [0.4, 0.5) is 0 Å². The molecule has 2 atom stereocenters. The summed E-state index contributed by atoms with van der Waals surface area (Å²) < 4.78 is 13.0. The molecule has 1 N–H and O–H groups in total. The molecule has 0 bridgehead atoms. The first-order chi connectivity index (χ1) is 7.96. The molecule has 3 nitrogen and oxygen atoms in total. The van der Waals surface area contributed by atoms with Gasteiger partial charge in [-0.3, -0.25) is 0 Å². The third-order valence-electron chi connectivity index (χ3n) is 3.44. The third-order valence-corrected chi connectivity index (χ3v) is 4.46. The van der Waals surface area contributed by atoms with E-state index in [2.05, 4.69) is 22.6 Å². The van der Waals surface area contributed by atoms with Gasteiger partial charge in [0.1, 0.15) is 5.75 Å². The molecule has 1 aromatic rings. The molecule has 0 spiro atoms. The van der Waals surface area contributed by atoms with Gasteiger partial charge in [-0.25, -0.2) is 0 Å². The van der Waals surface area contributed by atoms with Gasteiger partial charge in [0, 0.05) is 22.0 Å². The molecule has 3 rings (SSSR count). The van der Waals surface area contributed by atoms with E-state index >= 15 is 0 Å². The number of aromatic hydroxyl groups is 1. The van der Waals surface area contributed by atoms with Crippen LogP contribution in [0.5, 0.6) is 5.75 Å². The van der Waals surface area contributed by atoms with E-state index in [1.807, 2.05) is 19.9 Å². The number of hydrogen-bond acceptors (Lipinski definition) is 3. The number of halogens is 1. The van der Waals surface area contributed by atoms with Gasteiger partial charge in [-0.1, -0.05) is 0 Å². The van der Waals surface area contributed by atoms with Crippen LogP contribution in [0.25, 0.3) is 0 Å². The van der Waals surface area contributed by atoms with Crippen molar-refractivity contribution < 1.29 is 14.6 Å². The molecule has 1 heterocycles. The predicted molar refractivity (Wildman–Crippen MR) is 72.1 cm³/mol. The van der Waals surface area contributed by atoms with Gasteiger partial charge in [-0.15, -0.1) is 0 Å². The zero-order valence-corrected chi connectivity index (χ0v) is 12.0. The summed E-state index contributed by atoms with van der Waals surface area (Å²) in [6.07, 6.45) is 1.76. The number of phenolic OH excluding ortho intramolecular Hbond substituents is 1. The van der Waals surface area contributed by atoms with E-state index in [1.54, 1.807) is 6.07 Å². The van der Waals surface area contributed by atoms with Crippen molar-refractivity contribution >= 4 is 22.6 Å². The van der Waals surface area contributed by atoms with E-state index in [0.717, 1.165) is 18.4 Å². The number of fused-ring (bicyclic) bond motifs is 2. The van der Waals surface area contributed by atoms with Crippen molar-refractivity contribution in [1.29, 1.82) is 0 Å². The fourth-order valence-corrected chi connectivity index (χ4v) is 3.48. The molecule has 0 saturated carbocycles. The quantitative estimate of drug-likeness (QED) is 0.734. The monoisotopic (exact) mass is 346 g/mol. The van der Waals surface area contributed by atoms with Crippen molar-refractivity contribution in [2.75, 3.05) is 0 Å². The fraction of sp³-hybridized carbons (Fsp3) is 0.538. The maximum atomic E-state index is 9.93. The van der Waals surface area contributed by atoms with E-state index in [9.17, 15) is 5.11 Å². The summed E-state index contributed by atoms with van der Waals surface area (Å²) in [6.45, 7) is 3.89. The maximum absolute atomic E-state index is 9.93. The van der Waals surface area contributed by atoms with Crippen molar-refractivity contribution in [2.24, 2.45) is 0 Å². The second-order valence-electron chi connectivity index (χ2n) is 5.14. The molecule has 1 fully saturated rings. The molecule has 1 aliphatic heterocycles. The van der Waals surface area contributed by atoms with Gasteiger partial charge in [0.05, 0.1) is 12.2 Å². The average molecular weight is 346 g/mol. The molecule has 1 aliphatic carbocycles. The minimum absolute atomic E-state index is 0.0709. The third kappa shape index (κ3) is 1.96. The van der Waals surface area contributed by atoms with E-state index < -0.39 is 5.79 Å². The Balaban J connectivity index is 1.99. The lowest BCUT2D eigenvalue weighted by Gasteiger charge is -2.26. The summed E-state index contributed by atoms with van der Waals surface area (Å²) in [4.78, 5) is 0. The van der Waals surface area contributed by atoms with Crippen LogP contribution in [0.1, 0.15) is 25.0 Å². The zero-order chi connectivity index (χ0) is 12.2. The van der Waals surface area contributed by atoms with Crippen molar-refractivity contribution in [1.82, 2.24) is 0 Å². The van der Waals surface area contributed by atoms with Crippen LogP contribution in [0.2, 0.25) is 0 Å². The molecule has 2 aliphatic rings. The van der Waals surface area contributed by atoms with E-state index in [-0.39, 0.29) is 12.2 Å². The number of rotatable bonds is 0. The lowest BCUT2D eigenvalue weighted by Crippen LogP contribution is -2.32. The van der Waals surface area contributed by atoms with E-state index in [0.29, 0.717) is 5.75 Å². The van der Waals surface area contributed by atoms with Gasteiger partial charge in [0.2, 0.25) is 0 Å². The summed E-state index contributed by atoms with van der Waals surface area (Å²) in [5.41, 5.74) is 2.24. The van der Waals surface area contributed by atoms with Crippen LogP contribution in [-0.2, 0) is 22.3 Å². The smallest absolute Gasteiger partial charge is 0.163 e. The molecule has 0 unspecified atom stereocenters. The molecule has 92 valence electrons. The van der Waals surface area contributed by atoms with Crippen LogP contribution in [0.15, 0.2) is 12.1 Å². The van der Waals surface area contributed by atoms with Crippen molar-refractivity contribution in [2.45, 2.75) is 44.7 Å². The van der Waals surface area contributed by atoms with Crippen LogP contribution >= 0.6 is 22.6 Å². The van der Waals surface area contributed by atoms with Gasteiger partial charge in [-0.05, 0) is 54.1 Å². The molecule has 0 amide bonds. The van der Waals surface area contributed by atoms with Crippen LogP contribution in [0, 0.1) is 3.57 Å². The minimum Gasteiger partial charge on any atom is -0.508 e. The standard InChI is InChI=1S/C13H15IO3/c1-13(2)16-11-5-7-8(6-12(11)17-13)10(15)4-3-9(7)14/h3-4,11-12,15H,5-6H2,1-2H3/t11-,12+/m1/s1. The summed E-state index contributed by atoms with van der Waals surface area (Å²) in [5.74, 6) is -0.120. The lowest BCUT2D eigenvalue weighted by atomic mass is 9.87. The SMILES string of the molecule is CC1(C)O[C@H]2Cc3c(O)ccc(I)c3C[C@H]2O1. The molecule has 0 aromatic heterocycles. The largest absolute Gasteiger partial charge is 0.508 e. The highest BCUT2D eigenvalue weighted by atomic mass is 127. The van der Waals surface area contributed by atoms with Gasteiger partial charge in [0.25, 0.3) is 0 Å². The highest BCUT2D eigenvalue weighted by Crippen LogP contribution is 2.40. The lowest BCUT2D eigenvalue weighted by molar-refractivity contribution is -0.145. The van der Waals surface area contributed by atoms with E-state index in [1.165, 1.54) is 9.13 Å². The Labute approximate surface area is 114 Å². The first kappa shape index (κ1) is 11.7. The van der Waals surface area contributed by atoms with Gasteiger partial charge in [-0.2, -0.15) is 0 Å². The molecular weight excluding hydrogens is 331 g/mol. The minimum atomic E-state index is -0.502. The van der Waals surface area contributed by atoms with Crippen molar-refractivity contribution in [3.8, 4) is 5.75 Å². The maximum Gasteiger partial charge on any atom is 0.163 e. The molecule has 0 radical (unpaired) electrons. The molecular formula is C13H15IO3. The normalized spacial score (nSPS) is 29.8. The highest BCUT2D eigenvalue weighted by molar-refractivity contribution is 14.1. The Hall–Kier alpha value is -0.330. The zero-order valence-electron chi connectivity index (χ0n) is 9.87. The van der Waals surface area contributed by atoms with Crippen LogP contribution < -0.4 is 0 Å². The van der Waals surface area contributed by atoms with Crippen molar-refractivity contribution in [3.05, 3.63) is 26.8 Å². The Morgan fingerprint density at radius 2 is 1.76 bits per heavy atom. The molecule has 1 aromatic carbocycles. The highest BCUT2D eigenvalue weighted by Gasteiger charge is 2.44. The predicted octanol–water partition coefficient (Wildman–Crippen LogP) is 2.62. The fourth-order valence-electron chi connectivity index (χ4n) is 2.76. The average Bonchev–Trinajstić information content (AvgIpc) is 2.54. The Morgan fingerprint density at radius 1 is 1.18 bits per heavy atom. The van der Waals surface area contributed by atoms with Crippen LogP contribution in [0.3, 0.4) is 0 Å². The Morgan fingerprint density at radius 3 is 2.41 bits per heavy atom. The molecule has 4 heteroatoms. The summed E-state index contributed by atoms with van der Waals surface area (Å²) in [6, 6.07) is 3.72. The summed E-state index contributed by atoms with van der Waals surface area (Å²) in [7, 11) is 0. The number of ether oxygens (including phenoxy) is 2. The first-order valence-electron chi connectivity index (χ1n) is 5.81. The number of hydrogen-bond donors (Lipinski definition) is 1. The second kappa shape index (κ2) is 3.83. The Bertz CT molecular complexity index is 429. The van der Waals surface area contributed by atoms with Gasteiger partial charge in [0.15, 0.2) is 5.79 Å². The second-order valence-corrected chi connectivity index (χ2v) is 6.31. The number of phenols is 1. The van der Waals surface area contributed by atoms with E-state index in [4.69, 9.17) is 9.47 Å². The Kier molecular flexibility index (Phi) is 2.65. The first-order valence-corrected chi connectivity index (χ1v) is 6.89. The molecule has 17 heavy (non-hydrogen) atoms. The number of benzene rings is 1. The van der Waals surface area contributed by atoms with Gasteiger partial charge < -0.3 is 14.6 Å². The summed E-state index contributed by atoms with van der Waals surface area (Å²) in [5, 5.41) is 9.93. The van der Waals surface area contributed by atoms with Gasteiger partial charge >= 0.3 is 0 Å². The topological polar surface area (TPSA) is 38.7 Å². The van der Waals surface area contributed by atoms with Crippen molar-refractivity contribution in [3.63, 3.8) is 0 Å². The summed E-state index contributed by atoms with van der Waals surface area (Å²) >= 11 is 2.32.